The van der Waals surface area contributed by atoms with Gasteiger partial charge in [0.2, 0.25) is 0 Å². The van der Waals surface area contributed by atoms with E-state index in [0.29, 0.717) is 6.42 Å². The van der Waals surface area contributed by atoms with Crippen molar-refractivity contribution >= 4 is 5.97 Å². The van der Waals surface area contributed by atoms with Crippen molar-refractivity contribution in [2.75, 3.05) is 6.61 Å². The number of unbranched alkanes of at least 4 members (excludes halogenated alkanes) is 1. The largest absolute Gasteiger partial charge is 0.477 e. The van der Waals surface area contributed by atoms with Crippen LogP contribution in [0.15, 0.2) is 0 Å². The second kappa shape index (κ2) is 5.17. The summed E-state index contributed by atoms with van der Waals surface area (Å²) in [5.41, 5.74) is 0. The van der Waals surface area contributed by atoms with Crippen molar-refractivity contribution in [2.45, 2.75) is 26.1 Å². The lowest BCUT2D eigenvalue weighted by molar-refractivity contribution is -0.163. The molecule has 0 radical (unpaired) electrons. The van der Waals surface area contributed by atoms with E-state index in [4.69, 9.17) is 5.11 Å². The first kappa shape index (κ1) is 9.36. The highest BCUT2D eigenvalue weighted by atomic mass is 19.1. The number of carbonyl (C=O) groups is 1. The summed E-state index contributed by atoms with van der Waals surface area (Å²) in [6.07, 6.45) is -0.605. The van der Waals surface area contributed by atoms with E-state index in [1.54, 1.807) is 0 Å². The summed E-state index contributed by atoms with van der Waals surface area (Å²) >= 11 is 0. The molecule has 10 heavy (non-hydrogen) atoms. The van der Waals surface area contributed by atoms with E-state index in [2.05, 4.69) is 4.74 Å². The molecule has 0 heterocycles. The zero-order chi connectivity index (χ0) is 7.98. The molecule has 0 saturated carbocycles. The predicted molar refractivity (Wildman–Crippen MR) is 33.4 cm³/mol. The number of halogens is 1. The van der Waals surface area contributed by atoms with E-state index in [1.807, 2.05) is 6.92 Å². The summed E-state index contributed by atoms with van der Waals surface area (Å²) in [5.74, 6) is -1.56. The molecule has 0 aliphatic rings. The summed E-state index contributed by atoms with van der Waals surface area (Å²) in [6.45, 7) is 2.08. The number of carboxylic acid groups (broad SMARTS) is 1. The molecule has 0 aliphatic heterocycles. The molecule has 0 rings (SSSR count). The van der Waals surface area contributed by atoms with Crippen LogP contribution in [-0.2, 0) is 9.53 Å². The van der Waals surface area contributed by atoms with Gasteiger partial charge in [-0.25, -0.2) is 9.18 Å². The molecule has 0 fully saturated rings. The highest BCUT2D eigenvalue weighted by Crippen LogP contribution is 1.96. The maximum Gasteiger partial charge on any atom is 0.366 e. The van der Waals surface area contributed by atoms with Gasteiger partial charge in [-0.3, -0.25) is 0 Å². The second-order valence-corrected chi connectivity index (χ2v) is 1.88. The van der Waals surface area contributed by atoms with Crippen molar-refractivity contribution in [3.05, 3.63) is 0 Å². The van der Waals surface area contributed by atoms with Crippen molar-refractivity contribution in [1.29, 1.82) is 0 Å². The molecule has 1 atom stereocenters. The molecule has 1 unspecified atom stereocenters. The lowest BCUT2D eigenvalue weighted by atomic mass is 10.4. The minimum atomic E-state index is -2.16. The lowest BCUT2D eigenvalue weighted by Crippen LogP contribution is -2.18. The monoisotopic (exact) mass is 150 g/mol. The molecule has 4 heteroatoms. The molecule has 1 N–H and O–H groups in total. The van der Waals surface area contributed by atoms with Crippen LogP contribution in [0.4, 0.5) is 4.39 Å². The van der Waals surface area contributed by atoms with Crippen LogP contribution in [0, 0.1) is 0 Å². The minimum Gasteiger partial charge on any atom is -0.477 e. The maximum atomic E-state index is 12.0. The van der Waals surface area contributed by atoms with E-state index < -0.39 is 12.3 Å². The average Bonchev–Trinajstić information content (AvgIpc) is 1.88. The van der Waals surface area contributed by atoms with E-state index in [0.717, 1.165) is 6.42 Å². The molecule has 0 spiro atoms. The minimum absolute atomic E-state index is 0.171. The van der Waals surface area contributed by atoms with Gasteiger partial charge in [0.15, 0.2) is 0 Å². The fraction of sp³-hybridized carbons (Fsp3) is 0.833. The summed E-state index contributed by atoms with van der Waals surface area (Å²) in [6, 6.07) is 0. The summed E-state index contributed by atoms with van der Waals surface area (Å²) < 4.78 is 16.3. The van der Waals surface area contributed by atoms with Crippen molar-refractivity contribution < 1.29 is 19.0 Å². The number of carboxylic acids is 1. The Hall–Kier alpha value is -0.640. The Labute approximate surface area is 58.8 Å². The Morgan fingerprint density at radius 1 is 1.80 bits per heavy atom. The summed E-state index contributed by atoms with van der Waals surface area (Å²) in [5, 5.41) is 7.98. The molecule has 3 nitrogen and oxygen atoms in total. The number of aliphatic carboxylic acids is 1. The molecule has 0 aromatic carbocycles. The van der Waals surface area contributed by atoms with E-state index in [-0.39, 0.29) is 6.61 Å². The second-order valence-electron chi connectivity index (χ2n) is 1.88. The number of rotatable bonds is 5. The Balaban J connectivity index is 3.21. The zero-order valence-corrected chi connectivity index (χ0v) is 5.84. The van der Waals surface area contributed by atoms with Crippen LogP contribution in [0.5, 0.6) is 0 Å². The maximum absolute atomic E-state index is 12.0. The first-order chi connectivity index (χ1) is 4.68. The van der Waals surface area contributed by atoms with Crippen molar-refractivity contribution in [3.8, 4) is 0 Å². The van der Waals surface area contributed by atoms with Crippen molar-refractivity contribution in [2.24, 2.45) is 0 Å². The number of hydrogen-bond donors (Lipinski definition) is 1. The first-order valence-corrected chi connectivity index (χ1v) is 3.17. The Morgan fingerprint density at radius 2 is 2.40 bits per heavy atom. The standard InChI is InChI=1S/C6H11FO3/c1-2-3-4-10-5(7)6(8)9/h5H,2-4H2,1H3,(H,8,9). The van der Waals surface area contributed by atoms with Crippen LogP contribution < -0.4 is 0 Å². The van der Waals surface area contributed by atoms with Crippen LogP contribution in [-0.4, -0.2) is 24.0 Å². The summed E-state index contributed by atoms with van der Waals surface area (Å²) in [4.78, 5) is 9.79. The van der Waals surface area contributed by atoms with Crippen LogP contribution in [0.1, 0.15) is 19.8 Å². The van der Waals surface area contributed by atoms with E-state index in [1.165, 1.54) is 0 Å². The van der Waals surface area contributed by atoms with Gasteiger partial charge in [-0.15, -0.1) is 0 Å². The van der Waals surface area contributed by atoms with Gasteiger partial charge in [0.25, 0.3) is 6.36 Å². The van der Waals surface area contributed by atoms with Crippen molar-refractivity contribution in [1.82, 2.24) is 0 Å². The number of alkyl halides is 1. The zero-order valence-electron chi connectivity index (χ0n) is 5.84. The lowest BCUT2D eigenvalue weighted by Gasteiger charge is -2.02. The Kier molecular flexibility index (Phi) is 4.84. The van der Waals surface area contributed by atoms with Gasteiger partial charge in [0.1, 0.15) is 0 Å². The van der Waals surface area contributed by atoms with Crippen LogP contribution in [0.25, 0.3) is 0 Å². The van der Waals surface area contributed by atoms with Crippen molar-refractivity contribution in [3.63, 3.8) is 0 Å². The third-order valence-electron chi connectivity index (χ3n) is 0.956. The van der Waals surface area contributed by atoms with Gasteiger partial charge in [-0.05, 0) is 6.42 Å². The Morgan fingerprint density at radius 3 is 2.80 bits per heavy atom. The SMILES string of the molecule is CCCCOC(F)C(=O)O. The smallest absolute Gasteiger partial charge is 0.366 e. The topological polar surface area (TPSA) is 46.5 Å². The molecule has 0 aromatic rings. The van der Waals surface area contributed by atoms with Crippen LogP contribution >= 0.6 is 0 Å². The third-order valence-corrected chi connectivity index (χ3v) is 0.956. The van der Waals surface area contributed by atoms with E-state index >= 15 is 0 Å². The molecular weight excluding hydrogens is 139 g/mol. The van der Waals surface area contributed by atoms with Gasteiger partial charge in [-0.2, -0.15) is 0 Å². The van der Waals surface area contributed by atoms with Gasteiger partial charge >= 0.3 is 5.97 Å². The molecule has 0 amide bonds. The van der Waals surface area contributed by atoms with Crippen LogP contribution in [0.2, 0.25) is 0 Å². The quantitative estimate of drug-likeness (QED) is 0.598. The fourth-order valence-electron chi connectivity index (χ4n) is 0.402. The highest BCUT2D eigenvalue weighted by Gasteiger charge is 2.14. The number of ether oxygens (including phenoxy) is 1. The molecule has 0 bridgehead atoms. The molecular formula is C6H11FO3. The Bertz CT molecular complexity index is 105. The molecule has 0 aromatic heterocycles. The van der Waals surface area contributed by atoms with Gasteiger partial charge in [0.05, 0.1) is 6.61 Å². The van der Waals surface area contributed by atoms with Gasteiger partial charge in [-0.1, -0.05) is 13.3 Å². The van der Waals surface area contributed by atoms with Gasteiger partial charge in [0, 0.05) is 0 Å². The number of hydrogen-bond acceptors (Lipinski definition) is 2. The summed E-state index contributed by atoms with van der Waals surface area (Å²) in [7, 11) is 0. The molecule has 60 valence electrons. The average molecular weight is 150 g/mol. The highest BCUT2D eigenvalue weighted by molar-refractivity contribution is 5.70. The van der Waals surface area contributed by atoms with Gasteiger partial charge < -0.3 is 9.84 Å². The predicted octanol–water partition coefficient (Wildman–Crippen LogP) is 1.18. The first-order valence-electron chi connectivity index (χ1n) is 3.17. The van der Waals surface area contributed by atoms with E-state index in [9.17, 15) is 9.18 Å². The third kappa shape index (κ3) is 4.26. The molecule has 0 aliphatic carbocycles. The molecule has 0 saturated heterocycles. The van der Waals surface area contributed by atoms with Crippen LogP contribution in [0.3, 0.4) is 0 Å². The normalized spacial score (nSPS) is 13.0. The fourth-order valence-corrected chi connectivity index (χ4v) is 0.402.